The van der Waals surface area contributed by atoms with Gasteiger partial charge in [0.2, 0.25) is 0 Å². The Balaban J connectivity index is 0.000000774. The SMILES string of the molecule is CC.CCc1cc(C)nc2ccc(N3CCOCC3)cc12. The Morgan fingerprint density at radius 3 is 2.52 bits per heavy atom. The van der Waals surface area contributed by atoms with Crippen LogP contribution in [0.2, 0.25) is 0 Å². The first kappa shape index (κ1) is 15.8. The van der Waals surface area contributed by atoms with Crippen LogP contribution >= 0.6 is 0 Å². The second-order valence-electron chi connectivity index (χ2n) is 5.08. The second kappa shape index (κ2) is 7.41. The molecule has 0 aliphatic carbocycles. The second-order valence-corrected chi connectivity index (χ2v) is 5.08. The summed E-state index contributed by atoms with van der Waals surface area (Å²) in [7, 11) is 0. The monoisotopic (exact) mass is 286 g/mol. The van der Waals surface area contributed by atoms with Gasteiger partial charge in [0, 0.05) is 29.9 Å². The van der Waals surface area contributed by atoms with Crippen LogP contribution in [0.1, 0.15) is 32.0 Å². The minimum atomic E-state index is 0.824. The molecule has 2 aromatic rings. The lowest BCUT2D eigenvalue weighted by Gasteiger charge is -2.29. The number of ether oxygens (including phenoxy) is 1. The quantitative estimate of drug-likeness (QED) is 0.835. The van der Waals surface area contributed by atoms with Crippen LogP contribution in [0, 0.1) is 6.92 Å². The van der Waals surface area contributed by atoms with Crippen LogP contribution in [0.5, 0.6) is 0 Å². The molecule has 3 rings (SSSR count). The Labute approximate surface area is 127 Å². The van der Waals surface area contributed by atoms with Gasteiger partial charge in [-0.25, -0.2) is 0 Å². The van der Waals surface area contributed by atoms with Crippen molar-refractivity contribution in [2.24, 2.45) is 0 Å². The van der Waals surface area contributed by atoms with Crippen LogP contribution in [0.25, 0.3) is 10.9 Å². The number of rotatable bonds is 2. The van der Waals surface area contributed by atoms with Gasteiger partial charge in [-0.3, -0.25) is 4.98 Å². The minimum absolute atomic E-state index is 0.824. The molecule has 1 fully saturated rings. The number of hydrogen-bond donors (Lipinski definition) is 0. The number of fused-ring (bicyclic) bond motifs is 1. The first-order valence-corrected chi connectivity index (χ1v) is 8.01. The van der Waals surface area contributed by atoms with Gasteiger partial charge in [-0.05, 0) is 43.2 Å². The van der Waals surface area contributed by atoms with Crippen molar-refractivity contribution in [3.05, 3.63) is 35.5 Å². The largest absolute Gasteiger partial charge is 0.378 e. The van der Waals surface area contributed by atoms with E-state index in [1.807, 2.05) is 13.8 Å². The van der Waals surface area contributed by atoms with Crippen LogP contribution < -0.4 is 4.90 Å². The van der Waals surface area contributed by atoms with Crippen LogP contribution in [-0.2, 0) is 11.2 Å². The molecule has 3 heteroatoms. The maximum atomic E-state index is 5.42. The van der Waals surface area contributed by atoms with Crippen LogP contribution in [0.4, 0.5) is 5.69 Å². The normalized spacial score (nSPS) is 14.8. The molecule has 114 valence electrons. The maximum Gasteiger partial charge on any atom is 0.0709 e. The third kappa shape index (κ3) is 3.53. The molecule has 1 aliphatic heterocycles. The first-order chi connectivity index (χ1) is 10.3. The molecule has 0 radical (unpaired) electrons. The molecule has 1 aliphatic rings. The van der Waals surface area contributed by atoms with Crippen molar-refractivity contribution in [3.8, 4) is 0 Å². The predicted octanol–water partition coefficient (Wildman–Crippen LogP) is 3.97. The van der Waals surface area contributed by atoms with Crippen molar-refractivity contribution in [3.63, 3.8) is 0 Å². The Morgan fingerprint density at radius 2 is 1.86 bits per heavy atom. The fourth-order valence-electron chi connectivity index (χ4n) is 2.74. The summed E-state index contributed by atoms with van der Waals surface area (Å²) >= 11 is 0. The van der Waals surface area contributed by atoms with Gasteiger partial charge in [-0.15, -0.1) is 0 Å². The van der Waals surface area contributed by atoms with Gasteiger partial charge in [0.25, 0.3) is 0 Å². The Hall–Kier alpha value is -1.61. The van der Waals surface area contributed by atoms with Gasteiger partial charge >= 0.3 is 0 Å². The fraction of sp³-hybridized carbons (Fsp3) is 0.500. The standard InChI is InChI=1S/C16H20N2O.C2H6/c1-3-13-10-12(2)17-16-5-4-14(11-15(13)16)18-6-8-19-9-7-18;1-2/h4-5,10-11H,3,6-9H2,1-2H3;1-2H3. The highest BCUT2D eigenvalue weighted by Crippen LogP contribution is 2.25. The number of aromatic nitrogens is 1. The lowest BCUT2D eigenvalue weighted by Crippen LogP contribution is -2.36. The minimum Gasteiger partial charge on any atom is -0.378 e. The lowest BCUT2D eigenvalue weighted by molar-refractivity contribution is 0.122. The molecule has 0 amide bonds. The molecular weight excluding hydrogens is 260 g/mol. The van der Waals surface area contributed by atoms with Gasteiger partial charge in [-0.2, -0.15) is 0 Å². The average molecular weight is 286 g/mol. The maximum absolute atomic E-state index is 5.42. The predicted molar refractivity (Wildman–Crippen MR) is 90.2 cm³/mol. The van der Waals surface area contributed by atoms with Gasteiger partial charge in [0.05, 0.1) is 18.7 Å². The van der Waals surface area contributed by atoms with E-state index in [-0.39, 0.29) is 0 Å². The lowest BCUT2D eigenvalue weighted by atomic mass is 10.0. The molecule has 2 heterocycles. The van der Waals surface area contributed by atoms with Crippen LogP contribution in [0.3, 0.4) is 0 Å². The number of morpholine rings is 1. The Bertz CT molecular complexity index is 589. The molecule has 1 aromatic heterocycles. The molecular formula is C18H26N2O. The number of hydrogen-bond acceptors (Lipinski definition) is 3. The molecule has 1 saturated heterocycles. The summed E-state index contributed by atoms with van der Waals surface area (Å²) in [6.07, 6.45) is 1.05. The summed E-state index contributed by atoms with van der Waals surface area (Å²) in [6, 6.07) is 8.81. The Kier molecular flexibility index (Phi) is 5.57. The number of pyridine rings is 1. The van der Waals surface area contributed by atoms with E-state index >= 15 is 0 Å². The smallest absolute Gasteiger partial charge is 0.0709 e. The zero-order valence-corrected chi connectivity index (χ0v) is 13.6. The van der Waals surface area contributed by atoms with Gasteiger partial charge in [0.15, 0.2) is 0 Å². The van der Waals surface area contributed by atoms with E-state index in [1.54, 1.807) is 0 Å². The number of benzene rings is 1. The first-order valence-electron chi connectivity index (χ1n) is 8.01. The van der Waals surface area contributed by atoms with E-state index in [1.165, 1.54) is 16.6 Å². The summed E-state index contributed by atoms with van der Waals surface area (Å²) in [4.78, 5) is 7.02. The van der Waals surface area contributed by atoms with E-state index in [9.17, 15) is 0 Å². The van der Waals surface area contributed by atoms with Gasteiger partial charge in [0.1, 0.15) is 0 Å². The van der Waals surface area contributed by atoms with Gasteiger partial charge < -0.3 is 9.64 Å². The van der Waals surface area contributed by atoms with E-state index in [4.69, 9.17) is 4.74 Å². The highest BCUT2D eigenvalue weighted by molar-refractivity contribution is 5.86. The van der Waals surface area contributed by atoms with E-state index < -0.39 is 0 Å². The summed E-state index contributed by atoms with van der Waals surface area (Å²) < 4.78 is 5.42. The summed E-state index contributed by atoms with van der Waals surface area (Å²) in [5.74, 6) is 0. The topological polar surface area (TPSA) is 25.4 Å². The molecule has 0 bridgehead atoms. The van der Waals surface area contributed by atoms with Crippen molar-refractivity contribution < 1.29 is 4.74 Å². The summed E-state index contributed by atoms with van der Waals surface area (Å²) in [6.45, 7) is 11.9. The molecule has 1 aromatic carbocycles. The highest BCUT2D eigenvalue weighted by atomic mass is 16.5. The molecule has 21 heavy (non-hydrogen) atoms. The zero-order valence-electron chi connectivity index (χ0n) is 13.6. The fourth-order valence-corrected chi connectivity index (χ4v) is 2.74. The molecule has 0 spiro atoms. The highest BCUT2D eigenvalue weighted by Gasteiger charge is 2.12. The zero-order chi connectivity index (χ0) is 15.2. The van der Waals surface area contributed by atoms with Crippen molar-refractivity contribution >= 4 is 16.6 Å². The van der Waals surface area contributed by atoms with Crippen LogP contribution in [0.15, 0.2) is 24.3 Å². The van der Waals surface area contributed by atoms with Crippen molar-refractivity contribution in [1.82, 2.24) is 4.98 Å². The van der Waals surface area contributed by atoms with E-state index in [0.29, 0.717) is 0 Å². The Morgan fingerprint density at radius 1 is 1.14 bits per heavy atom. The summed E-state index contributed by atoms with van der Waals surface area (Å²) in [5.41, 5.74) is 4.88. The molecule has 0 atom stereocenters. The third-order valence-electron chi connectivity index (χ3n) is 3.76. The van der Waals surface area contributed by atoms with Gasteiger partial charge in [-0.1, -0.05) is 20.8 Å². The molecule has 0 N–H and O–H groups in total. The van der Waals surface area contributed by atoms with Crippen molar-refractivity contribution in [1.29, 1.82) is 0 Å². The van der Waals surface area contributed by atoms with E-state index in [2.05, 4.69) is 48.0 Å². The summed E-state index contributed by atoms with van der Waals surface area (Å²) in [5, 5.41) is 1.29. The van der Waals surface area contributed by atoms with Crippen molar-refractivity contribution in [2.75, 3.05) is 31.2 Å². The molecule has 3 nitrogen and oxygen atoms in total. The molecule has 0 unspecified atom stereocenters. The van der Waals surface area contributed by atoms with Crippen molar-refractivity contribution in [2.45, 2.75) is 34.1 Å². The number of anilines is 1. The molecule has 0 saturated carbocycles. The average Bonchev–Trinajstić information content (AvgIpc) is 2.56. The number of aryl methyl sites for hydroxylation is 2. The van der Waals surface area contributed by atoms with Crippen LogP contribution in [-0.4, -0.2) is 31.3 Å². The number of nitrogens with zero attached hydrogens (tertiary/aromatic N) is 2. The van der Waals surface area contributed by atoms with E-state index in [0.717, 1.165) is 43.9 Å². The third-order valence-corrected chi connectivity index (χ3v) is 3.76.